The number of carbonyl (C=O) groups excluding carboxylic acids is 2. The summed E-state index contributed by atoms with van der Waals surface area (Å²) in [4.78, 5) is 26.4. The molecule has 1 aromatic carbocycles. The van der Waals surface area contributed by atoms with Crippen LogP contribution in [0.25, 0.3) is 0 Å². The molecule has 1 saturated heterocycles. The van der Waals surface area contributed by atoms with E-state index in [4.69, 9.17) is 11.6 Å². The smallest absolute Gasteiger partial charge is 0.322 e. The van der Waals surface area contributed by atoms with Crippen molar-refractivity contribution >= 4 is 45.6 Å². The molecule has 1 fully saturated rings. The molecule has 1 aliphatic rings. The van der Waals surface area contributed by atoms with Crippen LogP contribution in [0, 0.1) is 11.7 Å². The van der Waals surface area contributed by atoms with E-state index in [2.05, 4.69) is 10.6 Å². The molecule has 3 amide bonds. The molecule has 1 aliphatic heterocycles. The van der Waals surface area contributed by atoms with Crippen LogP contribution in [0.5, 0.6) is 0 Å². The summed E-state index contributed by atoms with van der Waals surface area (Å²) >= 11 is 7.17. The Hall–Kier alpha value is -2.12. The second-order valence-electron chi connectivity index (χ2n) is 5.81. The number of hydrogen-bond donors (Lipinski definition) is 2. The Morgan fingerprint density at radius 3 is 2.84 bits per heavy atom. The van der Waals surface area contributed by atoms with Crippen molar-refractivity contribution in [3.63, 3.8) is 0 Å². The number of benzene rings is 1. The van der Waals surface area contributed by atoms with Gasteiger partial charge in [0.15, 0.2) is 0 Å². The Morgan fingerprint density at radius 1 is 1.28 bits per heavy atom. The van der Waals surface area contributed by atoms with Gasteiger partial charge in [-0.05, 0) is 48.6 Å². The lowest BCUT2D eigenvalue weighted by Crippen LogP contribution is -2.45. The molecule has 2 aromatic rings. The lowest BCUT2D eigenvalue weighted by Gasteiger charge is -2.31. The summed E-state index contributed by atoms with van der Waals surface area (Å²) < 4.78 is 13.2. The van der Waals surface area contributed by atoms with E-state index in [0.29, 0.717) is 25.2 Å². The Labute approximate surface area is 153 Å². The molecule has 132 valence electrons. The predicted molar refractivity (Wildman–Crippen MR) is 97.7 cm³/mol. The van der Waals surface area contributed by atoms with Gasteiger partial charge in [0, 0.05) is 18.8 Å². The summed E-state index contributed by atoms with van der Waals surface area (Å²) in [6, 6.07) is 7.53. The van der Waals surface area contributed by atoms with Gasteiger partial charge < -0.3 is 10.2 Å². The number of thiophene rings is 1. The highest BCUT2D eigenvalue weighted by Crippen LogP contribution is 2.23. The molecule has 1 aromatic heterocycles. The lowest BCUT2D eigenvalue weighted by molar-refractivity contribution is -0.121. The number of amides is 3. The van der Waals surface area contributed by atoms with Crippen molar-refractivity contribution in [2.75, 3.05) is 23.7 Å². The number of urea groups is 1. The molecule has 2 heterocycles. The molecule has 3 rings (SSSR count). The van der Waals surface area contributed by atoms with E-state index in [0.717, 1.165) is 11.4 Å². The Bertz CT molecular complexity index is 769. The van der Waals surface area contributed by atoms with E-state index >= 15 is 0 Å². The summed E-state index contributed by atoms with van der Waals surface area (Å²) in [5.74, 6) is -1.04. The highest BCUT2D eigenvalue weighted by atomic mass is 35.5. The van der Waals surface area contributed by atoms with Gasteiger partial charge in [0.05, 0.1) is 15.9 Å². The monoisotopic (exact) mass is 381 g/mol. The summed E-state index contributed by atoms with van der Waals surface area (Å²) in [6.45, 7) is 0.960. The fraction of sp³-hybridized carbons (Fsp3) is 0.294. The minimum atomic E-state index is -0.534. The molecule has 0 spiro atoms. The Kier molecular flexibility index (Phi) is 5.55. The van der Waals surface area contributed by atoms with Gasteiger partial charge in [-0.15, -0.1) is 11.3 Å². The van der Waals surface area contributed by atoms with Crippen LogP contribution in [-0.4, -0.2) is 29.9 Å². The number of piperidine rings is 1. The normalized spacial score (nSPS) is 17.2. The molecular weight excluding hydrogens is 365 g/mol. The van der Waals surface area contributed by atoms with Crippen molar-refractivity contribution in [3.05, 3.63) is 46.6 Å². The second kappa shape index (κ2) is 7.84. The summed E-state index contributed by atoms with van der Waals surface area (Å²) in [6.07, 6.45) is 1.45. The van der Waals surface area contributed by atoms with E-state index < -0.39 is 5.82 Å². The molecule has 0 aliphatic carbocycles. The first-order valence-electron chi connectivity index (χ1n) is 7.88. The number of nitrogens with zero attached hydrogens (tertiary/aromatic N) is 1. The highest BCUT2D eigenvalue weighted by molar-refractivity contribution is 7.14. The average Bonchev–Trinajstić information content (AvgIpc) is 3.11. The molecule has 1 unspecified atom stereocenters. The quantitative estimate of drug-likeness (QED) is 0.826. The van der Waals surface area contributed by atoms with Crippen LogP contribution in [0.3, 0.4) is 0 Å². The second-order valence-corrected chi connectivity index (χ2v) is 7.17. The fourth-order valence-electron chi connectivity index (χ4n) is 2.73. The van der Waals surface area contributed by atoms with E-state index in [1.807, 2.05) is 17.5 Å². The van der Waals surface area contributed by atoms with Gasteiger partial charge in [0.2, 0.25) is 5.91 Å². The molecular formula is C17H17ClFN3O2S. The topological polar surface area (TPSA) is 61.4 Å². The first-order chi connectivity index (χ1) is 12.0. The van der Waals surface area contributed by atoms with Crippen LogP contribution < -0.4 is 10.6 Å². The maximum absolute atomic E-state index is 13.2. The third-order valence-electron chi connectivity index (χ3n) is 4.02. The number of nitrogens with one attached hydrogen (secondary N) is 2. The van der Waals surface area contributed by atoms with Crippen LogP contribution in [0.4, 0.5) is 19.9 Å². The van der Waals surface area contributed by atoms with Crippen molar-refractivity contribution in [1.29, 1.82) is 0 Å². The van der Waals surface area contributed by atoms with E-state index in [1.165, 1.54) is 29.5 Å². The van der Waals surface area contributed by atoms with E-state index in [9.17, 15) is 14.0 Å². The van der Waals surface area contributed by atoms with Gasteiger partial charge in [-0.25, -0.2) is 9.18 Å². The first-order valence-corrected chi connectivity index (χ1v) is 9.14. The van der Waals surface area contributed by atoms with Crippen LogP contribution in [0.15, 0.2) is 35.7 Å². The fourth-order valence-corrected chi connectivity index (χ4v) is 3.52. The van der Waals surface area contributed by atoms with Crippen LogP contribution >= 0.6 is 22.9 Å². The van der Waals surface area contributed by atoms with E-state index in [-0.39, 0.29) is 22.9 Å². The van der Waals surface area contributed by atoms with Crippen molar-refractivity contribution < 1.29 is 14.0 Å². The largest absolute Gasteiger partial charge is 0.326 e. The van der Waals surface area contributed by atoms with Gasteiger partial charge in [0.25, 0.3) is 0 Å². The van der Waals surface area contributed by atoms with Crippen LogP contribution in [0.2, 0.25) is 5.02 Å². The zero-order chi connectivity index (χ0) is 17.8. The molecule has 25 heavy (non-hydrogen) atoms. The van der Waals surface area contributed by atoms with Crippen molar-refractivity contribution in [2.24, 2.45) is 5.92 Å². The molecule has 8 heteroatoms. The number of hydrogen-bond acceptors (Lipinski definition) is 3. The molecule has 1 atom stereocenters. The van der Waals surface area contributed by atoms with Gasteiger partial charge in [-0.2, -0.15) is 0 Å². The molecule has 5 nitrogen and oxygen atoms in total. The van der Waals surface area contributed by atoms with Crippen molar-refractivity contribution in [1.82, 2.24) is 4.90 Å². The molecule has 2 N–H and O–H groups in total. The number of anilines is 2. The third-order valence-corrected chi connectivity index (χ3v) is 5.09. The number of halogens is 2. The molecule has 0 radical (unpaired) electrons. The Balaban J connectivity index is 1.59. The minimum absolute atomic E-state index is 0.0432. The molecule has 0 bridgehead atoms. The number of likely N-dealkylation sites (tertiary alicyclic amines) is 1. The van der Waals surface area contributed by atoms with Gasteiger partial charge in [-0.3, -0.25) is 10.1 Å². The third kappa shape index (κ3) is 4.49. The predicted octanol–water partition coefficient (Wildman–Crippen LogP) is 4.42. The SMILES string of the molecule is O=C(Nc1ccc(F)c(Cl)c1)C1CCCN(C(=O)Nc2cccs2)C1. The summed E-state index contributed by atoms with van der Waals surface area (Å²) in [7, 11) is 0. The number of rotatable bonds is 3. The Morgan fingerprint density at radius 2 is 2.12 bits per heavy atom. The van der Waals surface area contributed by atoms with E-state index in [1.54, 1.807) is 4.90 Å². The van der Waals surface area contributed by atoms with Gasteiger partial charge in [-0.1, -0.05) is 11.6 Å². The standard InChI is InChI=1S/C17H17ClFN3O2S/c18-13-9-12(5-6-14(13)19)20-16(23)11-3-1-7-22(10-11)17(24)21-15-4-2-8-25-15/h2,4-6,8-9,11H,1,3,7,10H2,(H,20,23)(H,21,24). The van der Waals surface area contributed by atoms with Gasteiger partial charge in [0.1, 0.15) is 5.82 Å². The molecule has 0 saturated carbocycles. The first kappa shape index (κ1) is 17.7. The maximum Gasteiger partial charge on any atom is 0.322 e. The average molecular weight is 382 g/mol. The van der Waals surface area contributed by atoms with Crippen molar-refractivity contribution in [3.8, 4) is 0 Å². The van der Waals surface area contributed by atoms with Crippen LogP contribution in [-0.2, 0) is 4.79 Å². The lowest BCUT2D eigenvalue weighted by atomic mass is 9.97. The minimum Gasteiger partial charge on any atom is -0.326 e. The highest BCUT2D eigenvalue weighted by Gasteiger charge is 2.28. The zero-order valence-corrected chi connectivity index (χ0v) is 14.9. The van der Waals surface area contributed by atoms with Crippen molar-refractivity contribution in [2.45, 2.75) is 12.8 Å². The van der Waals surface area contributed by atoms with Gasteiger partial charge >= 0.3 is 6.03 Å². The number of carbonyl (C=O) groups is 2. The maximum atomic E-state index is 13.2. The summed E-state index contributed by atoms with van der Waals surface area (Å²) in [5, 5.41) is 8.18. The summed E-state index contributed by atoms with van der Waals surface area (Å²) in [5.41, 5.74) is 0.441. The van der Waals surface area contributed by atoms with Crippen LogP contribution in [0.1, 0.15) is 12.8 Å². The zero-order valence-electron chi connectivity index (χ0n) is 13.3.